The van der Waals surface area contributed by atoms with E-state index in [-0.39, 0.29) is 31.5 Å². The van der Waals surface area contributed by atoms with E-state index in [0.717, 1.165) is 44.1 Å². The van der Waals surface area contributed by atoms with E-state index >= 15 is 0 Å². The second-order valence-electron chi connectivity index (χ2n) is 12.5. The first-order valence-corrected chi connectivity index (χ1v) is 17.5. The number of carboxylic acid groups (broad SMARTS) is 1. The topological polar surface area (TPSA) is 122 Å². The number of unbranched alkanes of at least 4 members (excludes halogenated alkanes) is 9. The van der Waals surface area contributed by atoms with Crippen molar-refractivity contribution < 1.29 is 42.9 Å². The number of carbonyl (C=O) groups is 3. The number of Topliss-reactive ketones (excluding diaryl/α,β-unsaturated/α-hetero) is 1. The number of rotatable bonds is 28. The van der Waals surface area contributed by atoms with Crippen molar-refractivity contribution in [2.24, 2.45) is 5.92 Å². The fourth-order valence-electron chi connectivity index (χ4n) is 5.36. The number of hydrogen-bond donors (Lipinski definition) is 3. The molecule has 10 heteroatoms. The third-order valence-corrected chi connectivity index (χ3v) is 8.35. The predicted octanol–water partition coefficient (Wildman–Crippen LogP) is 7.84. The molecule has 8 nitrogen and oxygen atoms in total. The molecule has 0 spiro atoms. The van der Waals surface area contributed by atoms with Gasteiger partial charge >= 0.3 is 5.97 Å². The van der Waals surface area contributed by atoms with E-state index in [2.05, 4.69) is 19.2 Å². The second kappa shape index (κ2) is 23.5. The van der Waals surface area contributed by atoms with E-state index in [1.54, 1.807) is 25.1 Å². The van der Waals surface area contributed by atoms with E-state index in [1.165, 1.54) is 13.2 Å². The highest BCUT2D eigenvalue weighted by atomic mass is 19.3. The average molecular weight is 668 g/mol. The summed E-state index contributed by atoms with van der Waals surface area (Å²) in [5.41, 5.74) is -1.79. The number of amides is 1. The van der Waals surface area contributed by atoms with Gasteiger partial charge in [-0.3, -0.25) is 9.59 Å². The van der Waals surface area contributed by atoms with Gasteiger partial charge in [-0.15, -0.1) is 0 Å². The molecule has 0 saturated carbocycles. The van der Waals surface area contributed by atoms with Gasteiger partial charge in [0.25, 0.3) is 0 Å². The molecule has 0 bridgehead atoms. The van der Waals surface area contributed by atoms with E-state index in [4.69, 9.17) is 9.47 Å². The number of hydrogen-bond acceptors (Lipinski definition) is 6. The molecule has 47 heavy (non-hydrogen) atoms. The number of ether oxygens (including phenoxy) is 2. The Kier molecular flexibility index (Phi) is 21.1. The standard InChI is InChI=1S/C37H59F2NO7/c1-5-8-10-14-17-24-36(38,39)25-18-15-12-11-13-16-19-31(37(45,28-46-4)35(43)44)34(42)40-32(33(41)7-3)27-29-20-22-30(23-21-29)47-26-9-6-2/h16,19-23,31-32,45H,5-15,17-18,24-28H2,1-4H3,(H,40,42)(H,43,44)/b19-16+/t31-,32+,37+/m1/s1. The Hall–Kier alpha value is -2.85. The van der Waals surface area contributed by atoms with Crippen LogP contribution in [0.4, 0.5) is 8.78 Å². The van der Waals surface area contributed by atoms with Crippen molar-refractivity contribution in [1.82, 2.24) is 5.32 Å². The van der Waals surface area contributed by atoms with Gasteiger partial charge in [-0.2, -0.15) is 0 Å². The van der Waals surface area contributed by atoms with Crippen molar-refractivity contribution in [3.63, 3.8) is 0 Å². The molecule has 268 valence electrons. The predicted molar refractivity (Wildman–Crippen MR) is 181 cm³/mol. The minimum Gasteiger partial charge on any atom is -0.494 e. The van der Waals surface area contributed by atoms with Crippen LogP contribution in [-0.2, 0) is 25.5 Å². The summed E-state index contributed by atoms with van der Waals surface area (Å²) in [5.74, 6) is -6.17. The molecule has 0 radical (unpaired) electrons. The molecule has 3 N–H and O–H groups in total. The van der Waals surface area contributed by atoms with Gasteiger partial charge in [0.1, 0.15) is 5.75 Å². The molecular formula is C37H59F2NO7. The molecule has 1 aromatic rings. The molecule has 1 aromatic carbocycles. The Morgan fingerprint density at radius 2 is 1.49 bits per heavy atom. The maximum absolute atomic E-state index is 14.2. The van der Waals surface area contributed by atoms with Gasteiger partial charge < -0.3 is 25.0 Å². The number of aliphatic carboxylic acids is 1. The van der Waals surface area contributed by atoms with Gasteiger partial charge in [-0.05, 0) is 56.2 Å². The summed E-state index contributed by atoms with van der Waals surface area (Å²) in [6.07, 6.45) is 12.5. The molecule has 1 rings (SSSR count). The summed E-state index contributed by atoms with van der Waals surface area (Å²) in [7, 11) is 1.22. The lowest BCUT2D eigenvalue weighted by Gasteiger charge is -2.30. The Morgan fingerprint density at radius 1 is 0.894 bits per heavy atom. The minimum atomic E-state index is -2.64. The lowest BCUT2D eigenvalue weighted by molar-refractivity contribution is -0.173. The van der Waals surface area contributed by atoms with Gasteiger partial charge in [0.05, 0.1) is 25.2 Å². The van der Waals surface area contributed by atoms with Crippen molar-refractivity contribution in [3.8, 4) is 5.75 Å². The monoisotopic (exact) mass is 667 g/mol. The zero-order valence-corrected chi connectivity index (χ0v) is 29.0. The minimum absolute atomic E-state index is 0.0675. The fraction of sp³-hybridized carbons (Fsp3) is 0.703. The van der Waals surface area contributed by atoms with Crippen molar-refractivity contribution in [1.29, 1.82) is 0 Å². The molecule has 0 aliphatic heterocycles. The lowest BCUT2D eigenvalue weighted by Crippen LogP contribution is -2.56. The van der Waals surface area contributed by atoms with Gasteiger partial charge in [-0.1, -0.05) is 90.0 Å². The molecule has 1 amide bonds. The number of benzene rings is 1. The molecule has 0 fully saturated rings. The largest absolute Gasteiger partial charge is 0.494 e. The number of halogens is 2. The second-order valence-corrected chi connectivity index (χ2v) is 12.5. The molecule has 3 atom stereocenters. The van der Waals surface area contributed by atoms with Crippen LogP contribution in [0.2, 0.25) is 0 Å². The van der Waals surface area contributed by atoms with E-state index in [1.807, 2.05) is 12.1 Å². The van der Waals surface area contributed by atoms with Crippen LogP contribution in [0.3, 0.4) is 0 Å². The Bertz CT molecular complexity index is 1060. The quantitative estimate of drug-likeness (QED) is 0.0615. The first kappa shape index (κ1) is 42.2. The van der Waals surface area contributed by atoms with Crippen LogP contribution in [0.1, 0.15) is 123 Å². The summed E-state index contributed by atoms with van der Waals surface area (Å²) in [6, 6.07) is 6.29. The van der Waals surface area contributed by atoms with Crippen LogP contribution in [0.5, 0.6) is 5.75 Å². The lowest BCUT2D eigenvalue weighted by atomic mass is 9.85. The zero-order valence-electron chi connectivity index (χ0n) is 29.0. The molecule has 0 saturated heterocycles. The van der Waals surface area contributed by atoms with Crippen LogP contribution in [0, 0.1) is 5.92 Å². The summed E-state index contributed by atoms with van der Waals surface area (Å²) >= 11 is 0. The molecule has 0 aliphatic carbocycles. The first-order chi connectivity index (χ1) is 22.4. The van der Waals surface area contributed by atoms with Crippen LogP contribution in [-0.4, -0.2) is 65.8 Å². The van der Waals surface area contributed by atoms with Crippen molar-refractivity contribution >= 4 is 17.7 Å². The van der Waals surface area contributed by atoms with Gasteiger partial charge in [0.2, 0.25) is 11.8 Å². The van der Waals surface area contributed by atoms with Gasteiger partial charge in [-0.25, -0.2) is 13.6 Å². The first-order valence-electron chi connectivity index (χ1n) is 17.5. The fourth-order valence-corrected chi connectivity index (χ4v) is 5.36. The highest BCUT2D eigenvalue weighted by Crippen LogP contribution is 2.29. The summed E-state index contributed by atoms with van der Waals surface area (Å²) in [5, 5.41) is 23.6. The van der Waals surface area contributed by atoms with Crippen molar-refractivity contribution in [2.45, 2.75) is 141 Å². The summed E-state index contributed by atoms with van der Waals surface area (Å²) in [4.78, 5) is 38.6. The number of methoxy groups -OCH3 is 1. The number of carbonyl (C=O) groups excluding carboxylic acids is 2. The smallest absolute Gasteiger partial charge is 0.339 e. The van der Waals surface area contributed by atoms with Crippen molar-refractivity contribution in [3.05, 3.63) is 42.0 Å². The number of ketones is 1. The molecule has 0 unspecified atom stereocenters. The van der Waals surface area contributed by atoms with E-state index < -0.39 is 42.0 Å². The Balaban J connectivity index is 2.83. The molecule has 0 aromatic heterocycles. The maximum Gasteiger partial charge on any atom is 0.339 e. The number of nitrogens with one attached hydrogen (secondary N) is 1. The number of allylic oxidation sites excluding steroid dienone is 1. The van der Waals surface area contributed by atoms with E-state index in [9.17, 15) is 33.4 Å². The Morgan fingerprint density at radius 3 is 2.04 bits per heavy atom. The Labute approximate surface area is 280 Å². The summed E-state index contributed by atoms with van der Waals surface area (Å²) < 4.78 is 39.0. The normalized spacial score (nSPS) is 14.4. The number of aliphatic hydroxyl groups is 1. The van der Waals surface area contributed by atoms with Gasteiger partial charge in [0.15, 0.2) is 11.4 Å². The van der Waals surface area contributed by atoms with Crippen LogP contribution < -0.4 is 10.1 Å². The average Bonchev–Trinajstić information content (AvgIpc) is 3.04. The maximum atomic E-state index is 14.2. The third-order valence-electron chi connectivity index (χ3n) is 8.35. The highest BCUT2D eigenvalue weighted by Gasteiger charge is 2.47. The number of alkyl halides is 2. The van der Waals surface area contributed by atoms with Crippen molar-refractivity contribution in [2.75, 3.05) is 20.3 Å². The molecular weight excluding hydrogens is 608 g/mol. The SMILES string of the molecule is CCCCCCCC(F)(F)CCCCCC/C=C/[C@H](C(=O)N[C@@H](Cc1ccc(OCCCC)cc1)C(=O)CC)[C@@](O)(COC)C(=O)O. The van der Waals surface area contributed by atoms with Gasteiger partial charge in [0, 0.05) is 26.4 Å². The molecule has 0 aliphatic rings. The highest BCUT2D eigenvalue weighted by molar-refractivity contribution is 5.94. The van der Waals surface area contributed by atoms with Crippen LogP contribution in [0.25, 0.3) is 0 Å². The molecule has 0 heterocycles. The summed E-state index contributed by atoms with van der Waals surface area (Å²) in [6.45, 7) is 5.80. The third kappa shape index (κ3) is 16.7. The van der Waals surface area contributed by atoms with Crippen LogP contribution in [0.15, 0.2) is 36.4 Å². The van der Waals surface area contributed by atoms with E-state index in [0.29, 0.717) is 50.9 Å². The zero-order chi connectivity index (χ0) is 35.1. The number of carboxylic acids is 1. The van der Waals surface area contributed by atoms with Crippen LogP contribution >= 0.6 is 0 Å².